The van der Waals surface area contributed by atoms with Gasteiger partial charge in [0.2, 0.25) is 10.0 Å². The Labute approximate surface area is 152 Å². The molecule has 1 aromatic carbocycles. The Hall–Kier alpha value is -1.86. The van der Waals surface area contributed by atoms with Gasteiger partial charge in [0.1, 0.15) is 0 Å². The van der Waals surface area contributed by atoms with Crippen molar-refractivity contribution < 1.29 is 13.2 Å². The van der Waals surface area contributed by atoms with Crippen molar-refractivity contribution in [1.82, 2.24) is 0 Å². The zero-order valence-corrected chi connectivity index (χ0v) is 15.8. The van der Waals surface area contributed by atoms with Crippen molar-refractivity contribution in [2.45, 2.75) is 32.6 Å². The van der Waals surface area contributed by atoms with Gasteiger partial charge in [-0.1, -0.05) is 19.4 Å². The average molecular weight is 379 g/mol. The number of nitrogens with zero attached hydrogens (tertiary/aromatic N) is 1. The Bertz CT molecular complexity index is 845. The summed E-state index contributed by atoms with van der Waals surface area (Å²) in [6.07, 6.45) is 3.19. The number of carbonyl (C=O) groups excluding carboxylic acids is 1. The van der Waals surface area contributed by atoms with Crippen molar-refractivity contribution in [3.8, 4) is 0 Å². The number of fused-ring (bicyclic) bond motifs is 1. The number of rotatable bonds is 6. The Balaban J connectivity index is 1.82. The number of anilines is 2. The average Bonchev–Trinajstić information content (AvgIpc) is 3.13. The molecule has 2 heterocycles. The van der Waals surface area contributed by atoms with Crippen LogP contribution in [0.3, 0.4) is 0 Å². The Kier molecular flexibility index (Phi) is 5.44. The van der Waals surface area contributed by atoms with Gasteiger partial charge in [-0.2, -0.15) is 0 Å². The van der Waals surface area contributed by atoms with Gasteiger partial charge in [-0.3, -0.25) is 9.52 Å². The van der Waals surface area contributed by atoms with Gasteiger partial charge >= 0.3 is 0 Å². The van der Waals surface area contributed by atoms with Crippen LogP contribution < -0.4 is 9.62 Å². The molecule has 1 aromatic heterocycles. The van der Waals surface area contributed by atoms with E-state index in [4.69, 9.17) is 0 Å². The van der Waals surface area contributed by atoms with Crippen LogP contribution >= 0.6 is 11.3 Å². The molecule has 2 aromatic rings. The molecule has 0 atom stereocenters. The fourth-order valence-electron chi connectivity index (χ4n) is 2.97. The van der Waals surface area contributed by atoms with E-state index in [0.29, 0.717) is 18.7 Å². The zero-order valence-electron chi connectivity index (χ0n) is 14.2. The molecular formula is C18H22N2O3S2. The molecule has 1 N–H and O–H groups in total. The number of carbonyl (C=O) groups is 1. The molecule has 1 amide bonds. The number of hydrogen-bond acceptors (Lipinski definition) is 4. The normalized spacial score (nSPS) is 14.2. The molecule has 0 radical (unpaired) electrons. The highest BCUT2D eigenvalue weighted by atomic mass is 32.2. The van der Waals surface area contributed by atoms with Crippen LogP contribution in [-0.4, -0.2) is 26.6 Å². The lowest BCUT2D eigenvalue weighted by Crippen LogP contribution is -2.35. The van der Waals surface area contributed by atoms with Crippen molar-refractivity contribution in [3.63, 3.8) is 0 Å². The highest BCUT2D eigenvalue weighted by molar-refractivity contribution is 7.92. The predicted octanol–water partition coefficient (Wildman–Crippen LogP) is 3.88. The Morgan fingerprint density at radius 1 is 1.32 bits per heavy atom. The first kappa shape index (κ1) is 17.9. The van der Waals surface area contributed by atoms with Gasteiger partial charge in [0.15, 0.2) is 0 Å². The van der Waals surface area contributed by atoms with Crippen LogP contribution in [0.2, 0.25) is 0 Å². The largest absolute Gasteiger partial charge is 0.307 e. The van der Waals surface area contributed by atoms with Crippen LogP contribution in [0, 0.1) is 0 Å². The number of aryl methyl sites for hydroxylation is 1. The van der Waals surface area contributed by atoms with Crippen molar-refractivity contribution in [1.29, 1.82) is 0 Å². The van der Waals surface area contributed by atoms with Crippen LogP contribution in [0.5, 0.6) is 0 Å². The highest BCUT2D eigenvalue weighted by Crippen LogP contribution is 2.31. The smallest absolute Gasteiger partial charge is 0.268 e. The molecule has 5 nitrogen and oxygen atoms in total. The second-order valence-corrected chi connectivity index (χ2v) is 8.95. The summed E-state index contributed by atoms with van der Waals surface area (Å²) in [6, 6.07) is 9.14. The standard InChI is InChI=1S/C18H22N2O3S2/c1-2-3-12-25(22,23)19-15-8-9-16-14(13-15)6-4-10-20(16)18(21)17-7-5-11-24-17/h5,7-9,11,13,19H,2-4,6,10,12H2,1H3. The number of sulfonamides is 1. The first-order chi connectivity index (χ1) is 12.0. The summed E-state index contributed by atoms with van der Waals surface area (Å²) in [7, 11) is -3.32. The first-order valence-corrected chi connectivity index (χ1v) is 11.0. The third kappa shape index (κ3) is 4.22. The number of unbranched alkanes of at least 4 members (excludes halogenated alkanes) is 1. The quantitative estimate of drug-likeness (QED) is 0.829. The molecule has 0 saturated heterocycles. The fourth-order valence-corrected chi connectivity index (χ4v) is 4.90. The van der Waals surface area contributed by atoms with E-state index in [9.17, 15) is 13.2 Å². The summed E-state index contributed by atoms with van der Waals surface area (Å²) in [4.78, 5) is 15.2. The van der Waals surface area contributed by atoms with Gasteiger partial charge in [-0.05, 0) is 54.5 Å². The number of hydrogen-bond donors (Lipinski definition) is 1. The molecule has 0 aliphatic carbocycles. The summed E-state index contributed by atoms with van der Waals surface area (Å²) in [5.41, 5.74) is 2.45. The molecule has 3 rings (SSSR count). The number of thiophene rings is 1. The lowest BCUT2D eigenvalue weighted by Gasteiger charge is -2.29. The second kappa shape index (κ2) is 7.58. The SMILES string of the molecule is CCCCS(=O)(=O)Nc1ccc2c(c1)CCCN2C(=O)c1cccs1. The maximum Gasteiger partial charge on any atom is 0.268 e. The predicted molar refractivity (Wildman–Crippen MR) is 103 cm³/mol. The van der Waals surface area contributed by atoms with Crippen molar-refractivity contribution in [2.75, 3.05) is 21.9 Å². The molecule has 1 aliphatic heterocycles. The molecule has 0 bridgehead atoms. The summed E-state index contributed by atoms with van der Waals surface area (Å²) >= 11 is 1.44. The Morgan fingerprint density at radius 2 is 2.16 bits per heavy atom. The number of nitrogens with one attached hydrogen (secondary N) is 1. The molecular weight excluding hydrogens is 356 g/mol. The van der Waals surface area contributed by atoms with E-state index >= 15 is 0 Å². The van der Waals surface area contributed by atoms with E-state index in [1.807, 2.05) is 36.6 Å². The Morgan fingerprint density at radius 3 is 2.88 bits per heavy atom. The minimum atomic E-state index is -3.32. The molecule has 0 fully saturated rings. The lowest BCUT2D eigenvalue weighted by atomic mass is 10.0. The molecule has 1 aliphatic rings. The van der Waals surface area contributed by atoms with Crippen LogP contribution in [-0.2, 0) is 16.4 Å². The van der Waals surface area contributed by atoms with E-state index in [0.717, 1.165) is 35.4 Å². The molecule has 134 valence electrons. The van der Waals surface area contributed by atoms with Gasteiger partial charge in [-0.25, -0.2) is 8.42 Å². The summed E-state index contributed by atoms with van der Waals surface area (Å²) in [6.45, 7) is 2.65. The van der Waals surface area contributed by atoms with Gasteiger partial charge in [0, 0.05) is 17.9 Å². The van der Waals surface area contributed by atoms with Gasteiger partial charge < -0.3 is 4.90 Å². The van der Waals surface area contributed by atoms with Crippen LogP contribution in [0.15, 0.2) is 35.7 Å². The second-order valence-electron chi connectivity index (χ2n) is 6.16. The van der Waals surface area contributed by atoms with Crippen molar-refractivity contribution in [2.24, 2.45) is 0 Å². The van der Waals surface area contributed by atoms with Gasteiger partial charge in [0.05, 0.1) is 10.6 Å². The van der Waals surface area contributed by atoms with Crippen LogP contribution in [0.25, 0.3) is 0 Å². The van der Waals surface area contributed by atoms with E-state index < -0.39 is 10.0 Å². The van der Waals surface area contributed by atoms with Crippen LogP contribution in [0.4, 0.5) is 11.4 Å². The van der Waals surface area contributed by atoms with Crippen molar-refractivity contribution >= 4 is 38.6 Å². The first-order valence-electron chi connectivity index (χ1n) is 8.49. The molecule has 0 saturated carbocycles. The maximum atomic E-state index is 12.7. The van der Waals surface area contributed by atoms with E-state index in [-0.39, 0.29) is 11.7 Å². The van der Waals surface area contributed by atoms with Gasteiger partial charge in [-0.15, -0.1) is 11.3 Å². The minimum Gasteiger partial charge on any atom is -0.307 e. The molecule has 25 heavy (non-hydrogen) atoms. The highest BCUT2D eigenvalue weighted by Gasteiger charge is 2.24. The van der Waals surface area contributed by atoms with Crippen molar-refractivity contribution in [3.05, 3.63) is 46.2 Å². The van der Waals surface area contributed by atoms with E-state index in [1.165, 1.54) is 11.3 Å². The third-order valence-corrected chi connectivity index (χ3v) is 6.45. The summed E-state index contributed by atoms with van der Waals surface area (Å²) < 4.78 is 26.8. The number of amides is 1. The molecule has 7 heteroatoms. The third-order valence-electron chi connectivity index (χ3n) is 4.22. The van der Waals surface area contributed by atoms with E-state index in [2.05, 4.69) is 4.72 Å². The topological polar surface area (TPSA) is 66.5 Å². The summed E-state index contributed by atoms with van der Waals surface area (Å²) in [5, 5.41) is 1.90. The minimum absolute atomic E-state index is 0.00669. The number of benzene rings is 1. The summed E-state index contributed by atoms with van der Waals surface area (Å²) in [5.74, 6) is 0.135. The van der Waals surface area contributed by atoms with Gasteiger partial charge in [0.25, 0.3) is 5.91 Å². The van der Waals surface area contributed by atoms with E-state index in [1.54, 1.807) is 11.0 Å². The van der Waals surface area contributed by atoms with Crippen LogP contribution in [0.1, 0.15) is 41.4 Å². The fraction of sp³-hybridized carbons (Fsp3) is 0.389. The maximum absolute atomic E-state index is 12.7. The zero-order chi connectivity index (χ0) is 17.9. The monoisotopic (exact) mass is 378 g/mol. The molecule has 0 spiro atoms. The molecule has 0 unspecified atom stereocenters. The lowest BCUT2D eigenvalue weighted by molar-refractivity contribution is 0.0989.